The highest BCUT2D eigenvalue weighted by atomic mass is 16.5. The molecule has 2 aliphatic rings. The molecule has 0 radical (unpaired) electrons. The number of aliphatic carboxylic acids is 1. The number of ether oxygens (including phenoxy) is 1. The van der Waals surface area contributed by atoms with Gasteiger partial charge in [-0.3, -0.25) is 9.59 Å². The van der Waals surface area contributed by atoms with Crippen LogP contribution in [-0.2, 0) is 19.7 Å². The zero-order chi connectivity index (χ0) is 15.6. The van der Waals surface area contributed by atoms with Crippen LogP contribution >= 0.6 is 0 Å². The van der Waals surface area contributed by atoms with Gasteiger partial charge in [-0.1, -0.05) is 30.3 Å². The van der Waals surface area contributed by atoms with Gasteiger partial charge in [0.25, 0.3) is 0 Å². The summed E-state index contributed by atoms with van der Waals surface area (Å²) in [5, 5.41) is 9.74. The van der Waals surface area contributed by atoms with Crippen LogP contribution in [0, 0.1) is 0 Å². The molecule has 3 rings (SSSR count). The number of carboxylic acid groups (broad SMARTS) is 1. The molecule has 2 atom stereocenters. The molecule has 5 nitrogen and oxygen atoms in total. The number of carboxylic acids is 1. The lowest BCUT2D eigenvalue weighted by molar-refractivity contribution is -0.143. The van der Waals surface area contributed by atoms with Gasteiger partial charge in [0, 0.05) is 19.7 Å². The van der Waals surface area contributed by atoms with E-state index in [9.17, 15) is 14.7 Å². The van der Waals surface area contributed by atoms with Gasteiger partial charge in [0.05, 0.1) is 12.5 Å². The first kappa shape index (κ1) is 15.0. The maximum atomic E-state index is 12.4. The number of rotatable bonds is 4. The third kappa shape index (κ3) is 2.73. The van der Waals surface area contributed by atoms with Crippen molar-refractivity contribution in [3.63, 3.8) is 0 Å². The standard InChI is InChI=1S/C17H21NO4/c19-15(11-14-7-4-10-22-14)18-9-8-17(12-18,16(20)21)13-5-2-1-3-6-13/h1-3,5-6,14H,4,7-12H2,(H,20,21). The maximum Gasteiger partial charge on any atom is 0.316 e. The second kappa shape index (κ2) is 6.08. The van der Waals surface area contributed by atoms with Crippen molar-refractivity contribution < 1.29 is 19.4 Å². The molecule has 1 N–H and O–H groups in total. The van der Waals surface area contributed by atoms with Crippen LogP contribution in [0.5, 0.6) is 0 Å². The van der Waals surface area contributed by atoms with E-state index in [1.165, 1.54) is 0 Å². The Kier molecular flexibility index (Phi) is 4.16. The molecule has 2 aliphatic heterocycles. The molecule has 2 fully saturated rings. The molecule has 2 unspecified atom stereocenters. The van der Waals surface area contributed by atoms with Crippen molar-refractivity contribution in [1.82, 2.24) is 4.90 Å². The first-order chi connectivity index (χ1) is 10.6. The van der Waals surface area contributed by atoms with Crippen molar-refractivity contribution in [3.8, 4) is 0 Å². The zero-order valence-corrected chi connectivity index (χ0v) is 12.5. The molecule has 1 aromatic rings. The normalized spacial score (nSPS) is 28.0. The van der Waals surface area contributed by atoms with Crippen LogP contribution in [0.4, 0.5) is 0 Å². The summed E-state index contributed by atoms with van der Waals surface area (Å²) in [5.74, 6) is -0.850. The second-order valence-electron chi connectivity index (χ2n) is 6.16. The monoisotopic (exact) mass is 303 g/mol. The highest BCUT2D eigenvalue weighted by Gasteiger charge is 2.47. The Morgan fingerprint density at radius 3 is 2.73 bits per heavy atom. The lowest BCUT2D eigenvalue weighted by Gasteiger charge is -2.25. The van der Waals surface area contributed by atoms with Gasteiger partial charge in [0.2, 0.25) is 5.91 Å². The number of hydrogen-bond donors (Lipinski definition) is 1. The van der Waals surface area contributed by atoms with E-state index < -0.39 is 11.4 Å². The number of likely N-dealkylation sites (tertiary alicyclic amines) is 1. The average molecular weight is 303 g/mol. The fourth-order valence-corrected chi connectivity index (χ4v) is 3.44. The van der Waals surface area contributed by atoms with Gasteiger partial charge in [-0.25, -0.2) is 0 Å². The van der Waals surface area contributed by atoms with Crippen molar-refractivity contribution in [1.29, 1.82) is 0 Å². The van der Waals surface area contributed by atoms with Crippen LogP contribution in [0.25, 0.3) is 0 Å². The van der Waals surface area contributed by atoms with Gasteiger partial charge in [0.1, 0.15) is 5.41 Å². The van der Waals surface area contributed by atoms with Crippen LogP contribution in [0.1, 0.15) is 31.2 Å². The third-order valence-electron chi connectivity index (χ3n) is 4.78. The molecule has 0 spiro atoms. The Bertz CT molecular complexity index is 553. The van der Waals surface area contributed by atoms with E-state index >= 15 is 0 Å². The Labute approximate surface area is 129 Å². The highest BCUT2D eigenvalue weighted by Crippen LogP contribution is 2.35. The molecule has 0 aromatic heterocycles. The van der Waals surface area contributed by atoms with Gasteiger partial charge < -0.3 is 14.7 Å². The van der Waals surface area contributed by atoms with Gasteiger partial charge >= 0.3 is 5.97 Å². The summed E-state index contributed by atoms with van der Waals surface area (Å²) in [7, 11) is 0. The minimum absolute atomic E-state index is 0.00375. The van der Waals surface area contributed by atoms with E-state index in [-0.39, 0.29) is 18.6 Å². The first-order valence-electron chi connectivity index (χ1n) is 7.80. The van der Waals surface area contributed by atoms with Crippen molar-refractivity contribution in [2.45, 2.75) is 37.2 Å². The van der Waals surface area contributed by atoms with Crippen LogP contribution in [0.2, 0.25) is 0 Å². The molecule has 0 bridgehead atoms. The van der Waals surface area contributed by atoms with Crippen LogP contribution in [0.15, 0.2) is 30.3 Å². The molecular weight excluding hydrogens is 282 g/mol. The Hall–Kier alpha value is -1.88. The maximum absolute atomic E-state index is 12.4. The minimum Gasteiger partial charge on any atom is -0.481 e. The number of hydrogen-bond acceptors (Lipinski definition) is 3. The number of benzene rings is 1. The summed E-state index contributed by atoms with van der Waals surface area (Å²) in [4.78, 5) is 26.0. The van der Waals surface area contributed by atoms with Crippen molar-refractivity contribution >= 4 is 11.9 Å². The summed E-state index contributed by atoms with van der Waals surface area (Å²) in [6, 6.07) is 9.23. The number of nitrogens with zero attached hydrogens (tertiary/aromatic N) is 1. The fourth-order valence-electron chi connectivity index (χ4n) is 3.44. The largest absolute Gasteiger partial charge is 0.481 e. The SMILES string of the molecule is O=C(CC1CCCO1)N1CCC(C(=O)O)(c2ccccc2)C1. The van der Waals surface area contributed by atoms with Gasteiger partial charge in [-0.2, -0.15) is 0 Å². The fraction of sp³-hybridized carbons (Fsp3) is 0.529. The van der Waals surface area contributed by atoms with Gasteiger partial charge in [-0.05, 0) is 24.8 Å². The predicted molar refractivity (Wildman–Crippen MR) is 80.5 cm³/mol. The van der Waals surface area contributed by atoms with Crippen molar-refractivity contribution in [3.05, 3.63) is 35.9 Å². The smallest absolute Gasteiger partial charge is 0.316 e. The van der Waals surface area contributed by atoms with E-state index in [2.05, 4.69) is 0 Å². The Morgan fingerprint density at radius 1 is 1.32 bits per heavy atom. The molecule has 22 heavy (non-hydrogen) atoms. The molecule has 118 valence electrons. The summed E-state index contributed by atoms with van der Waals surface area (Å²) >= 11 is 0. The van der Waals surface area contributed by atoms with Crippen LogP contribution in [-0.4, -0.2) is 47.7 Å². The molecule has 0 aliphatic carbocycles. The summed E-state index contributed by atoms with van der Waals surface area (Å²) in [6.07, 6.45) is 2.75. The second-order valence-corrected chi connectivity index (χ2v) is 6.16. The molecule has 5 heteroatoms. The van der Waals surface area contributed by atoms with Gasteiger partial charge in [-0.15, -0.1) is 0 Å². The van der Waals surface area contributed by atoms with E-state index in [0.717, 1.165) is 25.0 Å². The lowest BCUT2D eigenvalue weighted by atomic mass is 9.80. The van der Waals surface area contributed by atoms with Crippen molar-refractivity contribution in [2.75, 3.05) is 19.7 Å². The number of amides is 1. The summed E-state index contributed by atoms with van der Waals surface area (Å²) in [5.41, 5.74) is -0.206. The summed E-state index contributed by atoms with van der Waals surface area (Å²) in [6.45, 7) is 1.46. The average Bonchev–Trinajstić information content (AvgIpc) is 3.18. The van der Waals surface area contributed by atoms with E-state index in [1.807, 2.05) is 30.3 Å². The zero-order valence-electron chi connectivity index (χ0n) is 12.5. The van der Waals surface area contributed by atoms with Crippen LogP contribution in [0.3, 0.4) is 0 Å². The highest BCUT2D eigenvalue weighted by molar-refractivity contribution is 5.85. The van der Waals surface area contributed by atoms with Crippen LogP contribution < -0.4 is 0 Å². The molecular formula is C17H21NO4. The third-order valence-corrected chi connectivity index (χ3v) is 4.78. The van der Waals surface area contributed by atoms with Crippen molar-refractivity contribution in [2.24, 2.45) is 0 Å². The predicted octanol–water partition coefficient (Wildman–Crippen LogP) is 1.81. The van der Waals surface area contributed by atoms with Gasteiger partial charge in [0.15, 0.2) is 0 Å². The number of carbonyl (C=O) groups excluding carboxylic acids is 1. The topological polar surface area (TPSA) is 66.8 Å². The first-order valence-corrected chi connectivity index (χ1v) is 7.80. The molecule has 2 saturated heterocycles. The minimum atomic E-state index is -0.979. The van der Waals surface area contributed by atoms with E-state index in [1.54, 1.807) is 4.90 Å². The summed E-state index contributed by atoms with van der Waals surface area (Å²) < 4.78 is 5.50. The molecule has 1 amide bonds. The molecule has 1 aromatic carbocycles. The molecule has 2 heterocycles. The van der Waals surface area contributed by atoms with E-state index in [4.69, 9.17) is 4.74 Å². The Balaban J connectivity index is 1.73. The van der Waals surface area contributed by atoms with E-state index in [0.29, 0.717) is 19.4 Å². The number of carbonyl (C=O) groups is 2. The quantitative estimate of drug-likeness (QED) is 0.921. The Morgan fingerprint density at radius 2 is 2.09 bits per heavy atom. The molecule has 0 saturated carbocycles. The lowest BCUT2D eigenvalue weighted by Crippen LogP contribution is -2.41.